The second kappa shape index (κ2) is 5.38. The van der Waals surface area contributed by atoms with Gasteiger partial charge in [0.1, 0.15) is 18.0 Å². The molecule has 0 aliphatic heterocycles. The molecule has 112 valence electrons. The Bertz CT molecular complexity index is 474. The lowest BCUT2D eigenvalue weighted by atomic mass is 9.85. The molecule has 1 aliphatic carbocycles. The van der Waals surface area contributed by atoms with Gasteiger partial charge in [-0.2, -0.15) is 0 Å². The van der Waals surface area contributed by atoms with E-state index in [1.54, 1.807) is 0 Å². The van der Waals surface area contributed by atoms with E-state index in [0.717, 1.165) is 18.6 Å². The first-order chi connectivity index (χ1) is 9.26. The van der Waals surface area contributed by atoms with E-state index in [0.29, 0.717) is 5.92 Å². The van der Waals surface area contributed by atoms with Crippen LogP contribution in [-0.2, 0) is 5.41 Å². The first-order valence-electron chi connectivity index (χ1n) is 7.42. The molecule has 0 bridgehead atoms. The number of benzene rings is 1. The summed E-state index contributed by atoms with van der Waals surface area (Å²) in [6.07, 6.45) is 2.11. The summed E-state index contributed by atoms with van der Waals surface area (Å²) in [6, 6.07) is 6.21. The zero-order valence-corrected chi connectivity index (χ0v) is 13.1. The van der Waals surface area contributed by atoms with E-state index < -0.39 is 5.60 Å². The molecule has 20 heavy (non-hydrogen) atoms. The molecule has 0 amide bonds. The summed E-state index contributed by atoms with van der Waals surface area (Å²) in [5, 5.41) is 10.5. The maximum Gasteiger partial charge on any atom is 0.123 e. The Balaban J connectivity index is 2.17. The van der Waals surface area contributed by atoms with Crippen molar-refractivity contribution in [2.45, 2.75) is 51.6 Å². The van der Waals surface area contributed by atoms with Crippen LogP contribution in [0.5, 0.6) is 5.75 Å². The van der Waals surface area contributed by atoms with Crippen LogP contribution < -0.4 is 10.5 Å². The monoisotopic (exact) mass is 277 g/mol. The summed E-state index contributed by atoms with van der Waals surface area (Å²) >= 11 is 0. The predicted molar refractivity (Wildman–Crippen MR) is 82.1 cm³/mol. The van der Waals surface area contributed by atoms with Crippen molar-refractivity contribution in [2.75, 3.05) is 13.2 Å². The fraction of sp³-hybridized carbons (Fsp3) is 0.647. The van der Waals surface area contributed by atoms with Gasteiger partial charge < -0.3 is 15.6 Å². The summed E-state index contributed by atoms with van der Waals surface area (Å²) in [4.78, 5) is 0. The van der Waals surface area contributed by atoms with Crippen molar-refractivity contribution in [3.63, 3.8) is 0 Å². The van der Waals surface area contributed by atoms with E-state index in [4.69, 9.17) is 10.5 Å². The molecule has 0 radical (unpaired) electrons. The molecule has 3 heteroatoms. The Kier molecular flexibility index (Phi) is 4.12. The van der Waals surface area contributed by atoms with Gasteiger partial charge in [0.25, 0.3) is 0 Å². The molecular weight excluding hydrogens is 250 g/mol. The Hall–Kier alpha value is -1.06. The number of rotatable bonds is 5. The van der Waals surface area contributed by atoms with Crippen LogP contribution in [0.2, 0.25) is 0 Å². The number of hydrogen-bond acceptors (Lipinski definition) is 3. The van der Waals surface area contributed by atoms with Crippen LogP contribution in [-0.4, -0.2) is 23.9 Å². The Labute approximate surface area is 122 Å². The number of hydrogen-bond donors (Lipinski definition) is 2. The van der Waals surface area contributed by atoms with Gasteiger partial charge >= 0.3 is 0 Å². The fourth-order valence-corrected chi connectivity index (χ4v) is 2.52. The molecule has 0 spiro atoms. The van der Waals surface area contributed by atoms with Gasteiger partial charge in [0.15, 0.2) is 0 Å². The Morgan fingerprint density at radius 2 is 1.95 bits per heavy atom. The highest BCUT2D eigenvalue weighted by molar-refractivity contribution is 5.41. The maximum absolute atomic E-state index is 10.5. The summed E-state index contributed by atoms with van der Waals surface area (Å²) in [5.74, 6) is 1.16. The zero-order chi connectivity index (χ0) is 15.0. The summed E-state index contributed by atoms with van der Waals surface area (Å²) in [5.41, 5.74) is 7.27. The van der Waals surface area contributed by atoms with Gasteiger partial charge in [-0.05, 0) is 42.7 Å². The molecule has 3 nitrogen and oxygen atoms in total. The van der Waals surface area contributed by atoms with Gasteiger partial charge in [-0.1, -0.05) is 38.5 Å². The van der Waals surface area contributed by atoms with E-state index in [-0.39, 0.29) is 18.6 Å². The van der Waals surface area contributed by atoms with Crippen molar-refractivity contribution >= 4 is 0 Å². The van der Waals surface area contributed by atoms with Gasteiger partial charge in [0.2, 0.25) is 0 Å². The number of aliphatic hydroxyl groups is 1. The van der Waals surface area contributed by atoms with Crippen molar-refractivity contribution in [3.05, 3.63) is 29.3 Å². The Morgan fingerprint density at radius 1 is 1.30 bits per heavy atom. The van der Waals surface area contributed by atoms with E-state index in [2.05, 4.69) is 33.8 Å². The van der Waals surface area contributed by atoms with Gasteiger partial charge in [-0.3, -0.25) is 0 Å². The van der Waals surface area contributed by atoms with Crippen LogP contribution in [0.15, 0.2) is 18.2 Å². The third-order valence-corrected chi connectivity index (χ3v) is 4.11. The molecule has 3 N–H and O–H groups in total. The normalized spacial score (nSPS) is 18.7. The lowest BCUT2D eigenvalue weighted by Gasteiger charge is -2.29. The number of nitrogens with two attached hydrogens (primary N) is 1. The first kappa shape index (κ1) is 15.3. The third kappa shape index (κ3) is 3.33. The zero-order valence-electron chi connectivity index (χ0n) is 13.1. The number of ether oxygens (including phenoxy) is 1. The van der Waals surface area contributed by atoms with E-state index in [1.165, 1.54) is 11.1 Å². The lowest BCUT2D eigenvalue weighted by molar-refractivity contribution is -0.0166. The summed E-state index contributed by atoms with van der Waals surface area (Å²) in [6.45, 7) is 9.13. The van der Waals surface area contributed by atoms with Crippen LogP contribution >= 0.6 is 0 Å². The fourth-order valence-electron chi connectivity index (χ4n) is 2.52. The highest BCUT2D eigenvalue weighted by atomic mass is 16.5. The highest BCUT2D eigenvalue weighted by Gasteiger charge is 2.43. The standard InChI is InChI=1S/C17H27NO2/c1-12-5-8-15(14(9-12)16(2,3)4)20-11-17(19,10-18)13-6-7-13/h5,8-9,13,19H,6-7,10-11,18H2,1-4H3. The summed E-state index contributed by atoms with van der Waals surface area (Å²) in [7, 11) is 0. The quantitative estimate of drug-likeness (QED) is 0.870. The van der Waals surface area contributed by atoms with Gasteiger partial charge in [0.05, 0.1) is 0 Å². The topological polar surface area (TPSA) is 55.5 Å². The molecule has 2 rings (SSSR count). The molecule has 0 aromatic heterocycles. The lowest BCUT2D eigenvalue weighted by Crippen LogP contribution is -2.45. The van der Waals surface area contributed by atoms with Crippen molar-refractivity contribution in [1.29, 1.82) is 0 Å². The van der Waals surface area contributed by atoms with Gasteiger partial charge in [0, 0.05) is 6.54 Å². The molecule has 0 saturated heterocycles. The van der Waals surface area contributed by atoms with E-state index >= 15 is 0 Å². The average Bonchev–Trinajstić information content (AvgIpc) is 3.20. The number of aryl methyl sites for hydroxylation is 1. The highest BCUT2D eigenvalue weighted by Crippen LogP contribution is 2.40. The van der Waals surface area contributed by atoms with Crippen LogP contribution in [0.4, 0.5) is 0 Å². The predicted octanol–water partition coefficient (Wildman–Crippen LogP) is 2.77. The van der Waals surface area contributed by atoms with Crippen molar-refractivity contribution in [3.8, 4) is 5.75 Å². The Morgan fingerprint density at radius 3 is 2.45 bits per heavy atom. The van der Waals surface area contributed by atoms with Crippen LogP contribution in [0.25, 0.3) is 0 Å². The molecule has 1 aromatic carbocycles. The van der Waals surface area contributed by atoms with Crippen molar-refractivity contribution < 1.29 is 9.84 Å². The molecule has 1 aromatic rings. The van der Waals surface area contributed by atoms with E-state index in [9.17, 15) is 5.11 Å². The van der Waals surface area contributed by atoms with Crippen LogP contribution in [0.3, 0.4) is 0 Å². The maximum atomic E-state index is 10.5. The molecule has 0 heterocycles. The second-order valence-electron chi connectivity index (χ2n) is 7.12. The van der Waals surface area contributed by atoms with Gasteiger partial charge in [-0.15, -0.1) is 0 Å². The minimum atomic E-state index is -0.875. The van der Waals surface area contributed by atoms with Gasteiger partial charge in [-0.25, -0.2) is 0 Å². The molecule has 1 unspecified atom stereocenters. The largest absolute Gasteiger partial charge is 0.490 e. The molecule has 1 fully saturated rings. The van der Waals surface area contributed by atoms with Crippen molar-refractivity contribution in [1.82, 2.24) is 0 Å². The molecule has 1 saturated carbocycles. The molecule has 1 aliphatic rings. The summed E-state index contributed by atoms with van der Waals surface area (Å²) < 4.78 is 5.95. The SMILES string of the molecule is Cc1ccc(OCC(O)(CN)C2CC2)c(C(C)(C)C)c1. The molecular formula is C17H27NO2. The minimum Gasteiger partial charge on any atom is -0.490 e. The minimum absolute atomic E-state index is 0.0156. The molecule has 1 atom stereocenters. The average molecular weight is 277 g/mol. The van der Waals surface area contributed by atoms with Crippen LogP contribution in [0.1, 0.15) is 44.7 Å². The van der Waals surface area contributed by atoms with E-state index in [1.807, 2.05) is 12.1 Å². The smallest absolute Gasteiger partial charge is 0.123 e. The first-order valence-corrected chi connectivity index (χ1v) is 7.42. The van der Waals surface area contributed by atoms with Crippen LogP contribution in [0, 0.1) is 12.8 Å². The second-order valence-corrected chi connectivity index (χ2v) is 7.12. The van der Waals surface area contributed by atoms with Crippen molar-refractivity contribution in [2.24, 2.45) is 11.7 Å². The third-order valence-electron chi connectivity index (χ3n) is 4.11.